The van der Waals surface area contributed by atoms with Crippen LogP contribution in [0, 0.1) is 12.3 Å². The summed E-state index contributed by atoms with van der Waals surface area (Å²) in [6.45, 7) is 12.7. The summed E-state index contributed by atoms with van der Waals surface area (Å²) in [5.74, 6) is 0.468. The highest BCUT2D eigenvalue weighted by Crippen LogP contribution is 2.24. The number of hydrogen-bond donors (Lipinski definition) is 0. The number of carbonyl (C=O) groups excluding carboxylic acids is 1. The van der Waals surface area contributed by atoms with Gasteiger partial charge in [-0.15, -0.1) is 6.58 Å². The van der Waals surface area contributed by atoms with Crippen LogP contribution >= 0.6 is 23.1 Å². The van der Waals surface area contributed by atoms with Crippen molar-refractivity contribution in [3.05, 3.63) is 57.7 Å². The van der Waals surface area contributed by atoms with Crippen molar-refractivity contribution in [1.82, 2.24) is 8.94 Å². The Morgan fingerprint density at radius 3 is 2.86 bits per heavy atom. The van der Waals surface area contributed by atoms with E-state index in [1.807, 2.05) is 29.1 Å². The van der Waals surface area contributed by atoms with Crippen LogP contribution < -0.4 is 4.67 Å². The molecule has 0 atom stereocenters. The largest absolute Gasteiger partial charge is 0.441 e. The van der Waals surface area contributed by atoms with Crippen LogP contribution in [0.5, 0.6) is 0 Å². The summed E-state index contributed by atoms with van der Waals surface area (Å²) in [7, 11) is 0. The fourth-order valence-electron chi connectivity index (χ4n) is 2.83. The van der Waals surface area contributed by atoms with Crippen molar-refractivity contribution in [2.75, 3.05) is 0 Å². The molecule has 0 aliphatic carbocycles. The van der Waals surface area contributed by atoms with Crippen LogP contribution in [0.4, 0.5) is 0 Å². The normalized spacial score (nSPS) is 12.7. The molecule has 0 saturated carbocycles. The number of allylic oxidation sites excluding steroid dienone is 1. The van der Waals surface area contributed by atoms with Crippen molar-refractivity contribution in [1.29, 1.82) is 0 Å². The molecule has 2 aromatic heterocycles. The molecule has 7 heteroatoms. The van der Waals surface area contributed by atoms with Crippen LogP contribution in [-0.2, 0) is 24.2 Å². The maximum atomic E-state index is 12.4. The third kappa shape index (κ3) is 4.80. The molecule has 3 aromatic rings. The third-order valence-electron chi connectivity index (χ3n) is 4.13. The minimum Gasteiger partial charge on any atom is -0.441 e. The zero-order valence-corrected chi connectivity index (χ0v) is 18.2. The topological polar surface area (TPSA) is 60.4 Å². The molecule has 0 aliphatic rings. The molecule has 0 unspecified atom stereocenters. The maximum absolute atomic E-state index is 12.4. The lowest BCUT2D eigenvalue weighted by Gasteiger charge is -2.14. The molecule has 0 aliphatic heterocycles. The summed E-state index contributed by atoms with van der Waals surface area (Å²) in [5.41, 5.74) is 3.32. The van der Waals surface area contributed by atoms with Gasteiger partial charge in [-0.1, -0.05) is 44.5 Å². The molecule has 0 N–H and O–H groups in total. The Morgan fingerprint density at radius 1 is 1.43 bits per heavy atom. The van der Waals surface area contributed by atoms with Crippen molar-refractivity contribution in [3.8, 4) is 0 Å². The Kier molecular flexibility index (Phi) is 5.91. The lowest BCUT2D eigenvalue weighted by Crippen LogP contribution is -2.09. The first-order valence-corrected chi connectivity index (χ1v) is 10.2. The highest BCUT2D eigenvalue weighted by molar-refractivity contribution is 7.04. The predicted molar refractivity (Wildman–Crippen MR) is 114 cm³/mol. The molecular formula is C21H24ClN3O2S. The molecule has 0 fully saturated rings. The van der Waals surface area contributed by atoms with Gasteiger partial charge in [0.1, 0.15) is 5.52 Å². The SMILES string of the molecule is C=CCn1sc(=NC(=O)Cc2ccc3oc(CC(C)(C)C)nc3c2)c(Cl)c1C. The number of rotatable bonds is 5. The van der Waals surface area contributed by atoms with Crippen LogP contribution in [0.2, 0.25) is 5.02 Å². The Labute approximate surface area is 173 Å². The molecule has 148 valence electrons. The van der Waals surface area contributed by atoms with Crippen LogP contribution in [0.1, 0.15) is 37.9 Å². The molecule has 28 heavy (non-hydrogen) atoms. The van der Waals surface area contributed by atoms with Gasteiger partial charge in [-0.25, -0.2) is 4.98 Å². The van der Waals surface area contributed by atoms with Crippen molar-refractivity contribution >= 4 is 40.1 Å². The van der Waals surface area contributed by atoms with Gasteiger partial charge in [-0.3, -0.25) is 8.75 Å². The van der Waals surface area contributed by atoms with E-state index in [0.29, 0.717) is 22.1 Å². The summed E-state index contributed by atoms with van der Waals surface area (Å²) in [6.07, 6.45) is 2.73. The molecular weight excluding hydrogens is 394 g/mol. The lowest BCUT2D eigenvalue weighted by molar-refractivity contribution is -0.117. The highest BCUT2D eigenvalue weighted by Gasteiger charge is 2.16. The molecule has 2 heterocycles. The minimum absolute atomic E-state index is 0.0964. The second-order valence-corrected chi connectivity index (χ2v) is 9.36. The van der Waals surface area contributed by atoms with Crippen molar-refractivity contribution < 1.29 is 9.21 Å². The molecule has 3 rings (SSSR count). The number of oxazole rings is 1. The average Bonchev–Trinajstić information content (AvgIpc) is 3.09. The minimum atomic E-state index is -0.244. The summed E-state index contributed by atoms with van der Waals surface area (Å²) >= 11 is 7.68. The number of hydrogen-bond acceptors (Lipinski definition) is 4. The van der Waals surface area contributed by atoms with Crippen LogP contribution in [0.25, 0.3) is 11.1 Å². The second-order valence-electron chi connectivity index (χ2n) is 7.98. The Morgan fingerprint density at radius 2 is 2.18 bits per heavy atom. The summed E-state index contributed by atoms with van der Waals surface area (Å²) < 4.78 is 8.29. The van der Waals surface area contributed by atoms with E-state index in [2.05, 4.69) is 37.3 Å². The van der Waals surface area contributed by atoms with Gasteiger partial charge < -0.3 is 4.42 Å². The van der Waals surface area contributed by atoms with Gasteiger partial charge >= 0.3 is 0 Å². The molecule has 0 spiro atoms. The number of aromatic nitrogens is 2. The van der Waals surface area contributed by atoms with E-state index in [4.69, 9.17) is 16.0 Å². The summed E-state index contributed by atoms with van der Waals surface area (Å²) in [5, 5.41) is 0.513. The average molecular weight is 418 g/mol. The smallest absolute Gasteiger partial charge is 0.251 e. The number of carbonyl (C=O) groups is 1. The number of benzene rings is 1. The van der Waals surface area contributed by atoms with E-state index in [9.17, 15) is 4.79 Å². The number of nitrogens with zero attached hydrogens (tertiary/aromatic N) is 3. The third-order valence-corrected chi connectivity index (χ3v) is 5.81. The number of halogens is 1. The Balaban J connectivity index is 1.81. The van der Waals surface area contributed by atoms with Crippen LogP contribution in [0.3, 0.4) is 0 Å². The maximum Gasteiger partial charge on any atom is 0.251 e. The Hall–Kier alpha value is -2.18. The van der Waals surface area contributed by atoms with Crippen molar-refractivity contribution in [3.63, 3.8) is 0 Å². The van der Waals surface area contributed by atoms with E-state index in [-0.39, 0.29) is 17.7 Å². The molecule has 0 saturated heterocycles. The van der Waals surface area contributed by atoms with Crippen molar-refractivity contribution in [2.24, 2.45) is 10.4 Å². The zero-order chi connectivity index (χ0) is 20.5. The number of amides is 1. The van der Waals surface area contributed by atoms with Gasteiger partial charge in [0.05, 0.1) is 18.0 Å². The van der Waals surface area contributed by atoms with E-state index < -0.39 is 0 Å². The molecule has 0 radical (unpaired) electrons. The van der Waals surface area contributed by atoms with Crippen LogP contribution in [0.15, 0.2) is 40.3 Å². The van der Waals surface area contributed by atoms with Crippen molar-refractivity contribution in [2.45, 2.75) is 47.1 Å². The molecule has 5 nitrogen and oxygen atoms in total. The fraction of sp³-hybridized carbons (Fsp3) is 0.381. The summed E-state index contributed by atoms with van der Waals surface area (Å²) in [6, 6.07) is 5.62. The summed E-state index contributed by atoms with van der Waals surface area (Å²) in [4.78, 5) is 21.2. The number of fused-ring (bicyclic) bond motifs is 1. The monoisotopic (exact) mass is 417 g/mol. The van der Waals surface area contributed by atoms with Gasteiger partial charge in [0.2, 0.25) is 0 Å². The molecule has 1 amide bonds. The quantitative estimate of drug-likeness (QED) is 0.543. The first kappa shape index (κ1) is 20.6. The standard InChI is InChI=1S/C21H24ClN3O2S/c1-6-9-25-13(2)19(22)20(28-25)24-17(26)11-14-7-8-16-15(10-14)23-18(27-16)12-21(3,4)5/h6-8,10H,1,9,11-12H2,2-5H3. The highest BCUT2D eigenvalue weighted by atomic mass is 35.5. The van der Waals surface area contributed by atoms with Gasteiger partial charge in [-0.2, -0.15) is 4.99 Å². The van der Waals surface area contributed by atoms with Crippen LogP contribution in [-0.4, -0.2) is 14.8 Å². The lowest BCUT2D eigenvalue weighted by atomic mass is 9.92. The molecule has 1 aromatic carbocycles. The second kappa shape index (κ2) is 8.05. The van der Waals surface area contributed by atoms with Gasteiger partial charge in [0.25, 0.3) is 5.91 Å². The van der Waals surface area contributed by atoms with E-state index in [1.165, 1.54) is 11.5 Å². The molecule has 0 bridgehead atoms. The Bertz CT molecular complexity index is 1100. The van der Waals surface area contributed by atoms with E-state index in [1.54, 1.807) is 6.08 Å². The van der Waals surface area contributed by atoms with E-state index >= 15 is 0 Å². The van der Waals surface area contributed by atoms with Gasteiger partial charge in [0.15, 0.2) is 16.1 Å². The zero-order valence-electron chi connectivity index (χ0n) is 16.6. The predicted octanol–water partition coefficient (Wildman–Crippen LogP) is 5.10. The van der Waals surface area contributed by atoms with Gasteiger partial charge in [-0.05, 0) is 41.6 Å². The van der Waals surface area contributed by atoms with Gasteiger partial charge in [0, 0.05) is 12.1 Å². The fourth-order valence-corrected chi connectivity index (χ4v) is 4.11. The first-order valence-electron chi connectivity index (χ1n) is 9.09. The van der Waals surface area contributed by atoms with E-state index in [0.717, 1.165) is 28.8 Å². The first-order chi connectivity index (χ1) is 13.2.